The number of rotatable bonds is 3. The van der Waals surface area contributed by atoms with Crippen LogP contribution in [0.3, 0.4) is 0 Å². The highest BCUT2D eigenvalue weighted by molar-refractivity contribution is 5.92. The van der Waals surface area contributed by atoms with Crippen molar-refractivity contribution < 1.29 is 19.4 Å². The number of phenols is 1. The highest BCUT2D eigenvalue weighted by atomic mass is 16.5. The Balaban J connectivity index is 2.18. The number of nitrogens with zero attached hydrogens (tertiary/aromatic N) is 1. The maximum absolute atomic E-state index is 12.4. The maximum Gasteiger partial charge on any atom is 0.340 e. The topological polar surface area (TPSA) is 94.7 Å². The van der Waals surface area contributed by atoms with Gasteiger partial charge < -0.3 is 20.3 Å². The normalized spacial score (nSPS) is 16.5. The number of pyridine rings is 1. The summed E-state index contributed by atoms with van der Waals surface area (Å²) in [5.41, 5.74) is 7.50. The molecule has 6 nitrogen and oxygen atoms in total. The van der Waals surface area contributed by atoms with E-state index in [1.54, 1.807) is 31.3 Å². The number of ether oxygens (including phenoxy) is 2. The Labute approximate surface area is 133 Å². The zero-order valence-electron chi connectivity index (χ0n) is 12.5. The quantitative estimate of drug-likeness (QED) is 0.842. The minimum atomic E-state index is -0.542. The first-order valence-corrected chi connectivity index (χ1v) is 7.20. The van der Waals surface area contributed by atoms with Crippen molar-refractivity contribution in [3.8, 4) is 11.5 Å². The van der Waals surface area contributed by atoms with Crippen LogP contribution in [-0.2, 0) is 9.53 Å². The number of fused-ring (bicyclic) bond motifs is 1. The number of hydrogen-bond acceptors (Lipinski definition) is 6. The van der Waals surface area contributed by atoms with Crippen molar-refractivity contribution in [2.75, 3.05) is 6.61 Å². The number of nitrogens with two attached hydrogens (primary N) is 1. The van der Waals surface area contributed by atoms with Crippen LogP contribution in [0.1, 0.15) is 24.1 Å². The highest BCUT2D eigenvalue weighted by Crippen LogP contribution is 2.43. The van der Waals surface area contributed by atoms with E-state index in [-0.39, 0.29) is 23.8 Å². The largest absolute Gasteiger partial charge is 0.508 e. The maximum atomic E-state index is 12.4. The van der Waals surface area contributed by atoms with Crippen LogP contribution in [0.15, 0.2) is 54.1 Å². The van der Waals surface area contributed by atoms with Crippen LogP contribution < -0.4 is 10.5 Å². The van der Waals surface area contributed by atoms with Gasteiger partial charge in [0, 0.05) is 17.8 Å². The van der Waals surface area contributed by atoms with Gasteiger partial charge in [0.15, 0.2) is 0 Å². The van der Waals surface area contributed by atoms with Gasteiger partial charge in [0.25, 0.3) is 0 Å². The first-order chi connectivity index (χ1) is 11.1. The van der Waals surface area contributed by atoms with Crippen LogP contribution >= 0.6 is 0 Å². The summed E-state index contributed by atoms with van der Waals surface area (Å²) in [6.07, 6.45) is 1.64. The van der Waals surface area contributed by atoms with E-state index in [0.717, 1.165) is 0 Å². The number of aromatic hydroxyl groups is 1. The van der Waals surface area contributed by atoms with E-state index in [0.29, 0.717) is 17.0 Å². The molecule has 118 valence electrons. The van der Waals surface area contributed by atoms with E-state index in [4.69, 9.17) is 15.2 Å². The standard InChI is InChI=1S/C17H16N2O4/c1-2-22-17(21)15-14(12-5-3-4-8-19-12)11-7-6-10(20)9-13(11)23-16(15)18/h3-9,14,20H,2,18H2,1H3. The summed E-state index contributed by atoms with van der Waals surface area (Å²) in [5.74, 6) is -0.654. The molecule has 1 unspecified atom stereocenters. The number of esters is 1. The van der Waals surface area contributed by atoms with Crippen molar-refractivity contribution in [3.05, 3.63) is 65.3 Å². The molecule has 0 spiro atoms. The summed E-state index contributed by atoms with van der Waals surface area (Å²) in [6.45, 7) is 1.95. The van der Waals surface area contributed by atoms with Gasteiger partial charge >= 0.3 is 5.97 Å². The molecular formula is C17H16N2O4. The fraction of sp³-hybridized carbons (Fsp3) is 0.176. The molecule has 1 atom stereocenters. The first-order valence-electron chi connectivity index (χ1n) is 7.20. The lowest BCUT2D eigenvalue weighted by molar-refractivity contribution is -0.139. The molecule has 0 saturated heterocycles. The minimum Gasteiger partial charge on any atom is -0.508 e. The Morgan fingerprint density at radius 2 is 2.22 bits per heavy atom. The smallest absolute Gasteiger partial charge is 0.340 e. The first kappa shape index (κ1) is 14.9. The molecule has 23 heavy (non-hydrogen) atoms. The molecule has 0 radical (unpaired) electrons. The number of hydrogen-bond donors (Lipinski definition) is 2. The molecule has 3 N–H and O–H groups in total. The van der Waals surface area contributed by atoms with Crippen molar-refractivity contribution in [1.82, 2.24) is 4.98 Å². The van der Waals surface area contributed by atoms with Crippen LogP contribution in [-0.4, -0.2) is 22.7 Å². The van der Waals surface area contributed by atoms with Gasteiger partial charge in [0.05, 0.1) is 18.2 Å². The summed E-state index contributed by atoms with van der Waals surface area (Å²) >= 11 is 0. The third-order valence-electron chi connectivity index (χ3n) is 3.56. The molecule has 2 heterocycles. The lowest BCUT2D eigenvalue weighted by Gasteiger charge is -2.27. The molecule has 0 bridgehead atoms. The predicted octanol–water partition coefficient (Wildman–Crippen LogP) is 2.04. The summed E-state index contributed by atoms with van der Waals surface area (Å²) in [7, 11) is 0. The van der Waals surface area contributed by atoms with Gasteiger partial charge in [0.2, 0.25) is 5.88 Å². The van der Waals surface area contributed by atoms with Crippen LogP contribution in [0.4, 0.5) is 0 Å². The van der Waals surface area contributed by atoms with Crippen molar-refractivity contribution in [2.24, 2.45) is 5.73 Å². The van der Waals surface area contributed by atoms with Crippen LogP contribution in [0.2, 0.25) is 0 Å². The van der Waals surface area contributed by atoms with Gasteiger partial charge in [0.1, 0.15) is 17.1 Å². The lowest BCUT2D eigenvalue weighted by Crippen LogP contribution is -2.27. The molecule has 1 aromatic carbocycles. The zero-order chi connectivity index (χ0) is 16.4. The Kier molecular flexibility index (Phi) is 3.89. The SMILES string of the molecule is CCOC(=O)C1=C(N)Oc2cc(O)ccc2C1c1ccccn1. The summed E-state index contributed by atoms with van der Waals surface area (Å²) in [4.78, 5) is 16.7. The molecule has 3 rings (SSSR count). The van der Waals surface area contributed by atoms with Gasteiger partial charge in [-0.2, -0.15) is 0 Å². The van der Waals surface area contributed by atoms with Crippen molar-refractivity contribution in [1.29, 1.82) is 0 Å². The summed E-state index contributed by atoms with van der Waals surface area (Å²) < 4.78 is 10.6. The molecule has 1 aromatic heterocycles. The predicted molar refractivity (Wildman–Crippen MR) is 82.7 cm³/mol. The molecule has 1 aliphatic rings. The number of aromatic nitrogens is 1. The average molecular weight is 312 g/mol. The Morgan fingerprint density at radius 1 is 1.39 bits per heavy atom. The second kappa shape index (κ2) is 6.00. The lowest BCUT2D eigenvalue weighted by atomic mass is 9.85. The van der Waals surface area contributed by atoms with E-state index in [1.165, 1.54) is 12.1 Å². The average Bonchev–Trinajstić information content (AvgIpc) is 2.54. The van der Waals surface area contributed by atoms with E-state index in [1.807, 2.05) is 6.07 Å². The van der Waals surface area contributed by atoms with E-state index < -0.39 is 11.9 Å². The molecule has 1 aliphatic heterocycles. The molecule has 0 saturated carbocycles. The number of phenolic OH excluding ortho intramolecular Hbond substituents is 1. The molecule has 0 amide bonds. The van der Waals surface area contributed by atoms with Crippen molar-refractivity contribution in [3.63, 3.8) is 0 Å². The fourth-order valence-electron chi connectivity index (χ4n) is 2.60. The van der Waals surface area contributed by atoms with Crippen molar-refractivity contribution in [2.45, 2.75) is 12.8 Å². The van der Waals surface area contributed by atoms with E-state index in [2.05, 4.69) is 4.98 Å². The third kappa shape index (κ3) is 2.70. The number of carbonyl (C=O) groups is 1. The second-order valence-electron chi connectivity index (χ2n) is 5.01. The van der Waals surface area contributed by atoms with Crippen LogP contribution in [0, 0.1) is 0 Å². The van der Waals surface area contributed by atoms with Gasteiger partial charge in [-0.25, -0.2) is 4.79 Å². The molecule has 0 fully saturated rings. The summed E-state index contributed by atoms with van der Waals surface area (Å²) in [5, 5.41) is 9.65. The minimum absolute atomic E-state index is 0.0443. The molecule has 6 heteroatoms. The van der Waals surface area contributed by atoms with Crippen LogP contribution in [0.5, 0.6) is 11.5 Å². The Bertz CT molecular complexity index is 771. The van der Waals surface area contributed by atoms with Crippen LogP contribution in [0.25, 0.3) is 0 Å². The van der Waals surface area contributed by atoms with Gasteiger partial charge in [-0.15, -0.1) is 0 Å². The summed E-state index contributed by atoms with van der Waals surface area (Å²) in [6, 6.07) is 10.1. The fourth-order valence-corrected chi connectivity index (χ4v) is 2.60. The monoisotopic (exact) mass is 312 g/mol. The van der Waals surface area contributed by atoms with Crippen molar-refractivity contribution >= 4 is 5.97 Å². The number of carbonyl (C=O) groups excluding carboxylic acids is 1. The van der Waals surface area contributed by atoms with E-state index >= 15 is 0 Å². The Morgan fingerprint density at radius 3 is 2.91 bits per heavy atom. The highest BCUT2D eigenvalue weighted by Gasteiger charge is 2.36. The Hall–Kier alpha value is -3.02. The van der Waals surface area contributed by atoms with Gasteiger partial charge in [-0.1, -0.05) is 12.1 Å². The van der Waals surface area contributed by atoms with E-state index in [9.17, 15) is 9.90 Å². The van der Waals surface area contributed by atoms with Gasteiger partial charge in [-0.3, -0.25) is 4.98 Å². The number of benzene rings is 1. The second-order valence-corrected chi connectivity index (χ2v) is 5.01. The molecule has 0 aliphatic carbocycles. The molecular weight excluding hydrogens is 296 g/mol. The zero-order valence-corrected chi connectivity index (χ0v) is 12.5. The molecule has 2 aromatic rings. The van der Waals surface area contributed by atoms with Gasteiger partial charge in [-0.05, 0) is 25.1 Å². The third-order valence-corrected chi connectivity index (χ3v) is 3.56.